The molecule has 0 atom stereocenters. The Bertz CT molecular complexity index is 599. The lowest BCUT2D eigenvalue weighted by Gasteiger charge is -2.07. The van der Waals surface area contributed by atoms with E-state index in [9.17, 15) is 9.18 Å². The molecular formula is C12H13FN4OS. The van der Waals surface area contributed by atoms with Crippen LogP contribution in [0.2, 0.25) is 0 Å². The molecule has 0 aliphatic rings. The van der Waals surface area contributed by atoms with Crippen molar-refractivity contribution < 1.29 is 9.18 Å². The van der Waals surface area contributed by atoms with Gasteiger partial charge in [0.15, 0.2) is 11.6 Å². The number of amides is 1. The lowest BCUT2D eigenvalue weighted by atomic mass is 10.2. The highest BCUT2D eigenvalue weighted by molar-refractivity contribution is 7.11. The molecule has 0 unspecified atom stereocenters. The number of anilines is 1. The molecule has 0 saturated heterocycles. The molecule has 5 nitrogen and oxygen atoms in total. The third-order valence-electron chi connectivity index (χ3n) is 2.46. The van der Waals surface area contributed by atoms with Crippen molar-refractivity contribution in [3.05, 3.63) is 39.7 Å². The Morgan fingerprint density at radius 2 is 2.26 bits per heavy atom. The first-order valence-corrected chi connectivity index (χ1v) is 6.45. The van der Waals surface area contributed by atoms with Gasteiger partial charge < -0.3 is 10.6 Å². The monoisotopic (exact) mass is 280 g/mol. The standard InChI is InChI=1S/C12H13FN4OS/c1-7-16-5-8(19-7)6-17-12(18)9-3-4-15-11(14-2)10(9)13/h3-5H,6H2,1-2H3,(H,14,15)(H,17,18). The van der Waals surface area contributed by atoms with Crippen molar-refractivity contribution in [1.29, 1.82) is 0 Å². The summed E-state index contributed by atoms with van der Waals surface area (Å²) in [6.45, 7) is 2.22. The van der Waals surface area contributed by atoms with E-state index < -0.39 is 11.7 Å². The average molecular weight is 280 g/mol. The van der Waals surface area contributed by atoms with E-state index in [0.29, 0.717) is 6.54 Å². The van der Waals surface area contributed by atoms with Crippen molar-refractivity contribution in [2.75, 3.05) is 12.4 Å². The Labute approximate surface area is 113 Å². The molecule has 2 heterocycles. The van der Waals surface area contributed by atoms with Crippen LogP contribution < -0.4 is 10.6 Å². The molecule has 2 rings (SSSR count). The fourth-order valence-electron chi connectivity index (χ4n) is 1.54. The second-order valence-corrected chi connectivity index (χ2v) is 5.12. The number of hydrogen-bond acceptors (Lipinski definition) is 5. The molecule has 0 saturated carbocycles. The smallest absolute Gasteiger partial charge is 0.254 e. The Kier molecular flexibility index (Phi) is 4.06. The van der Waals surface area contributed by atoms with Crippen molar-refractivity contribution in [3.8, 4) is 0 Å². The van der Waals surface area contributed by atoms with Crippen LogP contribution in [-0.2, 0) is 6.54 Å². The quantitative estimate of drug-likeness (QED) is 0.898. The van der Waals surface area contributed by atoms with Crippen LogP contribution in [0.5, 0.6) is 0 Å². The number of pyridine rings is 1. The number of nitrogens with one attached hydrogen (secondary N) is 2. The van der Waals surface area contributed by atoms with Crippen LogP contribution in [0.3, 0.4) is 0 Å². The van der Waals surface area contributed by atoms with Gasteiger partial charge in [0.25, 0.3) is 5.91 Å². The first-order chi connectivity index (χ1) is 9.11. The molecule has 100 valence electrons. The van der Waals surface area contributed by atoms with Gasteiger partial charge in [0.1, 0.15) is 0 Å². The van der Waals surface area contributed by atoms with E-state index in [4.69, 9.17) is 0 Å². The van der Waals surface area contributed by atoms with Crippen LogP contribution in [0.4, 0.5) is 10.2 Å². The van der Waals surface area contributed by atoms with Gasteiger partial charge in [-0.1, -0.05) is 0 Å². The van der Waals surface area contributed by atoms with Crippen LogP contribution in [-0.4, -0.2) is 22.9 Å². The number of thiazole rings is 1. The van der Waals surface area contributed by atoms with Gasteiger partial charge in [0.2, 0.25) is 0 Å². The Balaban J connectivity index is 2.08. The molecular weight excluding hydrogens is 267 g/mol. The number of aromatic nitrogens is 2. The number of carbonyl (C=O) groups excluding carboxylic acids is 1. The molecule has 1 amide bonds. The third-order valence-corrected chi connectivity index (χ3v) is 3.38. The molecule has 2 aromatic rings. The highest BCUT2D eigenvalue weighted by Crippen LogP contribution is 2.15. The lowest BCUT2D eigenvalue weighted by molar-refractivity contribution is 0.0947. The summed E-state index contributed by atoms with van der Waals surface area (Å²) in [4.78, 5) is 20.7. The molecule has 7 heteroatoms. The Hall–Kier alpha value is -2.02. The van der Waals surface area contributed by atoms with Crippen LogP contribution in [0.25, 0.3) is 0 Å². The maximum atomic E-state index is 13.9. The molecule has 0 fully saturated rings. The number of aryl methyl sites for hydroxylation is 1. The van der Waals surface area contributed by atoms with E-state index >= 15 is 0 Å². The SMILES string of the molecule is CNc1nccc(C(=O)NCc2cnc(C)s2)c1F. The summed E-state index contributed by atoms with van der Waals surface area (Å²) in [7, 11) is 1.55. The van der Waals surface area contributed by atoms with E-state index in [1.165, 1.54) is 23.6 Å². The van der Waals surface area contributed by atoms with Crippen molar-refractivity contribution in [2.24, 2.45) is 0 Å². The minimum atomic E-state index is -0.650. The first-order valence-electron chi connectivity index (χ1n) is 5.63. The summed E-state index contributed by atoms with van der Waals surface area (Å²) in [5.74, 6) is -1.06. The van der Waals surface area contributed by atoms with Gasteiger partial charge in [0, 0.05) is 24.3 Å². The fourth-order valence-corrected chi connectivity index (χ4v) is 2.28. The molecule has 2 aromatic heterocycles. The zero-order valence-electron chi connectivity index (χ0n) is 10.5. The van der Waals surface area contributed by atoms with Crippen LogP contribution in [0, 0.1) is 12.7 Å². The zero-order chi connectivity index (χ0) is 13.8. The Morgan fingerprint density at radius 3 is 2.89 bits per heavy atom. The summed E-state index contributed by atoms with van der Waals surface area (Å²) in [5.41, 5.74) is -0.0272. The van der Waals surface area contributed by atoms with E-state index in [1.54, 1.807) is 13.2 Å². The topological polar surface area (TPSA) is 66.9 Å². The van der Waals surface area contributed by atoms with Gasteiger partial charge in [-0.15, -0.1) is 11.3 Å². The lowest BCUT2D eigenvalue weighted by Crippen LogP contribution is -2.24. The maximum Gasteiger partial charge on any atom is 0.254 e. The number of carbonyl (C=O) groups is 1. The summed E-state index contributed by atoms with van der Waals surface area (Å²) in [5, 5.41) is 6.18. The molecule has 0 aliphatic heterocycles. The minimum absolute atomic E-state index is 0.0272. The van der Waals surface area contributed by atoms with Crippen LogP contribution in [0.1, 0.15) is 20.2 Å². The molecule has 2 N–H and O–H groups in total. The number of rotatable bonds is 4. The highest BCUT2D eigenvalue weighted by atomic mass is 32.1. The molecule has 0 bridgehead atoms. The highest BCUT2D eigenvalue weighted by Gasteiger charge is 2.15. The Morgan fingerprint density at radius 1 is 1.47 bits per heavy atom. The van der Waals surface area contributed by atoms with Gasteiger partial charge in [0.05, 0.1) is 17.1 Å². The summed E-state index contributed by atoms with van der Waals surface area (Å²) >= 11 is 1.49. The number of hydrogen-bond donors (Lipinski definition) is 2. The minimum Gasteiger partial charge on any atom is -0.371 e. The number of nitrogens with zero attached hydrogens (tertiary/aromatic N) is 2. The van der Waals surface area contributed by atoms with Gasteiger partial charge in [-0.25, -0.2) is 14.4 Å². The summed E-state index contributed by atoms with van der Waals surface area (Å²) in [6.07, 6.45) is 3.09. The fraction of sp³-hybridized carbons (Fsp3) is 0.250. The van der Waals surface area contributed by atoms with Crippen molar-refractivity contribution in [1.82, 2.24) is 15.3 Å². The molecule has 0 radical (unpaired) electrons. The molecule has 0 spiro atoms. The average Bonchev–Trinajstić information content (AvgIpc) is 2.82. The van der Waals surface area contributed by atoms with Crippen molar-refractivity contribution in [2.45, 2.75) is 13.5 Å². The largest absolute Gasteiger partial charge is 0.371 e. The predicted molar refractivity (Wildman–Crippen MR) is 71.8 cm³/mol. The second kappa shape index (κ2) is 5.75. The number of halogens is 1. The van der Waals surface area contributed by atoms with Gasteiger partial charge in [-0.05, 0) is 13.0 Å². The molecule has 19 heavy (non-hydrogen) atoms. The van der Waals surface area contributed by atoms with E-state index in [1.807, 2.05) is 6.92 Å². The maximum absolute atomic E-state index is 13.9. The zero-order valence-corrected chi connectivity index (χ0v) is 11.3. The van der Waals surface area contributed by atoms with Gasteiger partial charge in [-0.3, -0.25) is 4.79 Å². The van der Waals surface area contributed by atoms with E-state index in [0.717, 1.165) is 9.88 Å². The third kappa shape index (κ3) is 3.05. The van der Waals surface area contributed by atoms with Crippen LogP contribution >= 0.6 is 11.3 Å². The normalized spacial score (nSPS) is 10.3. The van der Waals surface area contributed by atoms with Gasteiger partial charge in [-0.2, -0.15) is 0 Å². The molecule has 0 aromatic carbocycles. The second-order valence-electron chi connectivity index (χ2n) is 3.80. The van der Waals surface area contributed by atoms with Crippen molar-refractivity contribution in [3.63, 3.8) is 0 Å². The molecule has 0 aliphatic carbocycles. The van der Waals surface area contributed by atoms with Crippen molar-refractivity contribution >= 4 is 23.1 Å². The summed E-state index contributed by atoms with van der Waals surface area (Å²) in [6, 6.07) is 1.35. The first kappa shape index (κ1) is 13.4. The van der Waals surface area contributed by atoms with E-state index in [2.05, 4.69) is 20.6 Å². The van der Waals surface area contributed by atoms with E-state index in [-0.39, 0.29) is 11.4 Å². The van der Waals surface area contributed by atoms with Gasteiger partial charge >= 0.3 is 0 Å². The summed E-state index contributed by atoms with van der Waals surface area (Å²) < 4.78 is 13.9. The predicted octanol–water partition coefficient (Wildman–Crippen LogP) is 1.96. The van der Waals surface area contributed by atoms with Crippen LogP contribution in [0.15, 0.2) is 18.5 Å².